The van der Waals surface area contributed by atoms with Crippen LogP contribution in [0, 0.1) is 0 Å². The van der Waals surface area contributed by atoms with Crippen molar-refractivity contribution < 1.29 is 0 Å². The van der Waals surface area contributed by atoms with E-state index in [2.05, 4.69) is 9.97 Å². The number of aromatic nitrogens is 2. The Balaban J connectivity index is 2.10. The maximum atomic E-state index is 11.6. The largest absolute Gasteiger partial charge is 0.310 e. The van der Waals surface area contributed by atoms with Crippen molar-refractivity contribution in [2.75, 3.05) is 0 Å². The van der Waals surface area contributed by atoms with Gasteiger partial charge in [0.05, 0.1) is 5.69 Å². The third kappa shape index (κ3) is 2.24. The van der Waals surface area contributed by atoms with Crippen LogP contribution < -0.4 is 5.56 Å². The Bertz CT molecular complexity index is 617. The highest BCUT2D eigenvalue weighted by molar-refractivity contribution is 6.30. The molecule has 1 aromatic heterocycles. The maximum Gasteiger partial charge on any atom is 0.251 e. The van der Waals surface area contributed by atoms with Gasteiger partial charge >= 0.3 is 0 Å². The monoisotopic (exact) mass is 246 g/mol. The Morgan fingerprint density at radius 1 is 1.29 bits per heavy atom. The molecule has 2 aromatic rings. The summed E-state index contributed by atoms with van der Waals surface area (Å²) in [5.41, 5.74) is 1.47. The van der Waals surface area contributed by atoms with Crippen LogP contribution in [0.2, 0.25) is 5.02 Å². The Kier molecular flexibility index (Phi) is 2.48. The van der Waals surface area contributed by atoms with Crippen molar-refractivity contribution in [2.45, 2.75) is 18.8 Å². The van der Waals surface area contributed by atoms with Gasteiger partial charge in [0.15, 0.2) is 0 Å². The first-order valence-corrected chi connectivity index (χ1v) is 5.97. The van der Waals surface area contributed by atoms with Gasteiger partial charge in [-0.05, 0) is 25.0 Å². The summed E-state index contributed by atoms with van der Waals surface area (Å²) in [6, 6.07) is 8.90. The number of hydrogen-bond donors (Lipinski definition) is 1. The topological polar surface area (TPSA) is 45.8 Å². The first-order chi connectivity index (χ1) is 8.22. The van der Waals surface area contributed by atoms with Crippen molar-refractivity contribution in [3.05, 3.63) is 51.5 Å². The SMILES string of the molecule is O=c1cc(-c2cccc(Cl)c2)nc(C2CC2)[nH]1. The third-order valence-electron chi connectivity index (χ3n) is 2.84. The summed E-state index contributed by atoms with van der Waals surface area (Å²) in [4.78, 5) is 18.9. The van der Waals surface area contributed by atoms with Gasteiger partial charge in [-0.2, -0.15) is 0 Å². The lowest BCUT2D eigenvalue weighted by molar-refractivity contribution is 0.912. The molecule has 1 fully saturated rings. The third-order valence-corrected chi connectivity index (χ3v) is 3.08. The summed E-state index contributed by atoms with van der Waals surface area (Å²) in [5.74, 6) is 1.23. The average Bonchev–Trinajstić information content (AvgIpc) is 3.12. The first kappa shape index (κ1) is 10.5. The van der Waals surface area contributed by atoms with Crippen molar-refractivity contribution >= 4 is 11.6 Å². The number of H-pyrrole nitrogens is 1. The van der Waals surface area contributed by atoms with Crippen LogP contribution in [0.25, 0.3) is 11.3 Å². The zero-order valence-corrected chi connectivity index (χ0v) is 9.87. The molecule has 1 heterocycles. The lowest BCUT2D eigenvalue weighted by Crippen LogP contribution is -2.10. The van der Waals surface area contributed by atoms with E-state index in [0.29, 0.717) is 16.6 Å². The minimum absolute atomic E-state index is 0.100. The van der Waals surface area contributed by atoms with Gasteiger partial charge < -0.3 is 4.98 Å². The fourth-order valence-electron chi connectivity index (χ4n) is 1.82. The van der Waals surface area contributed by atoms with E-state index < -0.39 is 0 Å². The van der Waals surface area contributed by atoms with Gasteiger partial charge in [-0.1, -0.05) is 23.7 Å². The van der Waals surface area contributed by atoms with Gasteiger partial charge in [0.25, 0.3) is 5.56 Å². The molecular weight excluding hydrogens is 236 g/mol. The van der Waals surface area contributed by atoms with Gasteiger partial charge in [-0.3, -0.25) is 4.79 Å². The van der Waals surface area contributed by atoms with Crippen molar-refractivity contribution in [2.24, 2.45) is 0 Å². The lowest BCUT2D eigenvalue weighted by Gasteiger charge is -2.03. The molecule has 1 aliphatic rings. The number of halogens is 1. The van der Waals surface area contributed by atoms with Crippen molar-refractivity contribution in [1.82, 2.24) is 9.97 Å². The molecule has 0 amide bonds. The highest BCUT2D eigenvalue weighted by atomic mass is 35.5. The van der Waals surface area contributed by atoms with E-state index in [9.17, 15) is 4.79 Å². The summed E-state index contributed by atoms with van der Waals surface area (Å²) in [6.45, 7) is 0. The molecule has 86 valence electrons. The summed E-state index contributed by atoms with van der Waals surface area (Å²) in [6.07, 6.45) is 2.23. The van der Waals surface area contributed by atoms with E-state index in [4.69, 9.17) is 11.6 Å². The molecule has 0 bridgehead atoms. The van der Waals surface area contributed by atoms with Gasteiger partial charge in [-0.15, -0.1) is 0 Å². The predicted molar refractivity (Wildman–Crippen MR) is 67.3 cm³/mol. The number of aromatic amines is 1. The summed E-state index contributed by atoms with van der Waals surface area (Å²) < 4.78 is 0. The fourth-order valence-corrected chi connectivity index (χ4v) is 2.01. The van der Waals surface area contributed by atoms with Crippen LogP contribution >= 0.6 is 11.6 Å². The van der Waals surface area contributed by atoms with Crippen LogP contribution in [0.1, 0.15) is 24.6 Å². The molecule has 0 spiro atoms. The number of hydrogen-bond acceptors (Lipinski definition) is 2. The summed E-state index contributed by atoms with van der Waals surface area (Å²) in [5, 5.41) is 0.651. The molecule has 1 N–H and O–H groups in total. The maximum absolute atomic E-state index is 11.6. The molecule has 0 unspecified atom stereocenters. The molecule has 0 saturated heterocycles. The second-order valence-electron chi connectivity index (χ2n) is 4.30. The Labute approximate surface area is 103 Å². The number of nitrogens with one attached hydrogen (secondary N) is 1. The Morgan fingerprint density at radius 2 is 2.12 bits per heavy atom. The zero-order chi connectivity index (χ0) is 11.8. The van der Waals surface area contributed by atoms with Gasteiger partial charge in [0.1, 0.15) is 5.82 Å². The fraction of sp³-hybridized carbons (Fsp3) is 0.231. The molecule has 3 nitrogen and oxygen atoms in total. The minimum Gasteiger partial charge on any atom is -0.310 e. The van der Waals surface area contributed by atoms with E-state index in [0.717, 1.165) is 24.2 Å². The average molecular weight is 247 g/mol. The Morgan fingerprint density at radius 3 is 2.82 bits per heavy atom. The molecule has 3 rings (SSSR count). The highest BCUT2D eigenvalue weighted by Gasteiger charge is 2.26. The molecule has 1 aliphatic carbocycles. The second-order valence-corrected chi connectivity index (χ2v) is 4.74. The standard InChI is InChI=1S/C13H11ClN2O/c14-10-3-1-2-9(6-10)11-7-12(17)16-13(15-11)8-4-5-8/h1-3,6-8H,4-5H2,(H,15,16,17). The molecule has 1 saturated carbocycles. The second kappa shape index (κ2) is 4.00. The van der Waals surface area contributed by atoms with E-state index >= 15 is 0 Å². The molecule has 4 heteroatoms. The van der Waals surface area contributed by atoms with E-state index in [1.165, 1.54) is 6.07 Å². The van der Waals surface area contributed by atoms with Crippen molar-refractivity contribution in [3.8, 4) is 11.3 Å². The van der Waals surface area contributed by atoms with E-state index in [-0.39, 0.29) is 5.56 Å². The smallest absolute Gasteiger partial charge is 0.251 e. The van der Waals surface area contributed by atoms with Gasteiger partial charge in [0.2, 0.25) is 0 Å². The predicted octanol–water partition coefficient (Wildman–Crippen LogP) is 2.97. The van der Waals surface area contributed by atoms with Crippen LogP contribution in [0.4, 0.5) is 0 Å². The van der Waals surface area contributed by atoms with Gasteiger partial charge in [0, 0.05) is 22.6 Å². The molecule has 0 radical (unpaired) electrons. The van der Waals surface area contributed by atoms with Gasteiger partial charge in [-0.25, -0.2) is 4.98 Å². The molecule has 0 atom stereocenters. The normalized spacial score (nSPS) is 14.9. The summed E-state index contributed by atoms with van der Waals surface area (Å²) in [7, 11) is 0. The zero-order valence-electron chi connectivity index (χ0n) is 9.11. The van der Waals surface area contributed by atoms with Crippen LogP contribution in [0.3, 0.4) is 0 Å². The van der Waals surface area contributed by atoms with Crippen LogP contribution in [-0.4, -0.2) is 9.97 Å². The molecule has 1 aromatic carbocycles. The lowest BCUT2D eigenvalue weighted by atomic mass is 10.1. The molecule has 17 heavy (non-hydrogen) atoms. The molecular formula is C13H11ClN2O. The number of benzene rings is 1. The highest BCUT2D eigenvalue weighted by Crippen LogP contribution is 2.38. The van der Waals surface area contributed by atoms with Crippen molar-refractivity contribution in [3.63, 3.8) is 0 Å². The van der Waals surface area contributed by atoms with Crippen molar-refractivity contribution in [1.29, 1.82) is 0 Å². The quantitative estimate of drug-likeness (QED) is 0.886. The molecule has 0 aliphatic heterocycles. The first-order valence-electron chi connectivity index (χ1n) is 5.59. The van der Waals surface area contributed by atoms with Crippen LogP contribution in [-0.2, 0) is 0 Å². The number of nitrogens with zero attached hydrogens (tertiary/aromatic N) is 1. The summed E-state index contributed by atoms with van der Waals surface area (Å²) >= 11 is 5.94. The Hall–Kier alpha value is -1.61. The number of rotatable bonds is 2. The van der Waals surface area contributed by atoms with Crippen LogP contribution in [0.5, 0.6) is 0 Å². The minimum atomic E-state index is -0.100. The van der Waals surface area contributed by atoms with E-state index in [1.807, 2.05) is 18.2 Å². The van der Waals surface area contributed by atoms with Crippen LogP contribution in [0.15, 0.2) is 35.1 Å². The van der Waals surface area contributed by atoms with E-state index in [1.54, 1.807) is 6.07 Å².